The second-order valence-corrected chi connectivity index (χ2v) is 12.1. The number of halogens is 2. The SMILES string of the molecule is CC(C)(C)[S+]([O-])NC(C)(C)C12CC(NC(=O)c3ccc(Cl)c(Cl)c3)(C1)C2. The Labute approximate surface area is 168 Å². The smallest absolute Gasteiger partial charge is 0.251 e. The predicted molar refractivity (Wildman–Crippen MR) is 108 cm³/mol. The summed E-state index contributed by atoms with van der Waals surface area (Å²) in [7, 11) is 0. The standard InChI is InChI=1S/C19H26Cl2N2O2S/c1-16(2,3)26(25)23-17(4,5)18-9-19(10-18,11-18)22-15(24)12-6-7-13(20)14(21)8-12/h6-8,23H,9-11H2,1-5H3,(H,22,24). The van der Waals surface area contributed by atoms with Crippen LogP contribution in [0, 0.1) is 5.41 Å². The molecule has 0 radical (unpaired) electrons. The van der Waals surface area contributed by atoms with Crippen molar-refractivity contribution in [3.63, 3.8) is 0 Å². The van der Waals surface area contributed by atoms with Gasteiger partial charge in [-0.2, -0.15) is 0 Å². The number of carbonyl (C=O) groups is 1. The van der Waals surface area contributed by atoms with Crippen molar-refractivity contribution in [1.29, 1.82) is 0 Å². The maximum absolute atomic E-state index is 12.5. The van der Waals surface area contributed by atoms with Crippen molar-refractivity contribution in [2.75, 3.05) is 0 Å². The van der Waals surface area contributed by atoms with E-state index in [2.05, 4.69) is 23.9 Å². The molecule has 1 aromatic rings. The van der Waals surface area contributed by atoms with Crippen molar-refractivity contribution >= 4 is 40.5 Å². The number of rotatable bonds is 5. The summed E-state index contributed by atoms with van der Waals surface area (Å²) in [5.74, 6) is -0.124. The fourth-order valence-corrected chi connectivity index (χ4v) is 5.31. The number of nitrogens with one attached hydrogen (secondary N) is 2. The lowest BCUT2D eigenvalue weighted by Gasteiger charge is -2.75. The van der Waals surface area contributed by atoms with Crippen LogP contribution in [0.2, 0.25) is 10.0 Å². The van der Waals surface area contributed by atoms with Crippen LogP contribution in [0.4, 0.5) is 0 Å². The summed E-state index contributed by atoms with van der Waals surface area (Å²) in [6, 6.07) is 4.91. The van der Waals surface area contributed by atoms with Crippen molar-refractivity contribution in [1.82, 2.24) is 10.0 Å². The van der Waals surface area contributed by atoms with Crippen LogP contribution >= 0.6 is 23.2 Å². The Morgan fingerprint density at radius 1 is 1.12 bits per heavy atom. The summed E-state index contributed by atoms with van der Waals surface area (Å²) >= 11 is 10.8. The van der Waals surface area contributed by atoms with Gasteiger partial charge >= 0.3 is 0 Å². The first kappa shape index (κ1) is 20.3. The van der Waals surface area contributed by atoms with E-state index in [1.807, 2.05) is 20.8 Å². The van der Waals surface area contributed by atoms with Crippen LogP contribution in [-0.4, -0.2) is 26.3 Å². The Morgan fingerprint density at radius 2 is 1.69 bits per heavy atom. The van der Waals surface area contributed by atoms with E-state index >= 15 is 0 Å². The van der Waals surface area contributed by atoms with Gasteiger partial charge in [0.15, 0.2) is 0 Å². The van der Waals surface area contributed by atoms with Gasteiger partial charge in [0.25, 0.3) is 5.91 Å². The Morgan fingerprint density at radius 3 is 2.19 bits per heavy atom. The Bertz CT molecular complexity index is 726. The van der Waals surface area contributed by atoms with Crippen molar-refractivity contribution in [3.8, 4) is 0 Å². The maximum Gasteiger partial charge on any atom is 0.251 e. The minimum Gasteiger partial charge on any atom is -0.598 e. The van der Waals surface area contributed by atoms with E-state index in [0.29, 0.717) is 15.6 Å². The summed E-state index contributed by atoms with van der Waals surface area (Å²) < 4.78 is 15.5. The van der Waals surface area contributed by atoms with Gasteiger partial charge in [0, 0.05) is 22.5 Å². The van der Waals surface area contributed by atoms with Crippen LogP contribution < -0.4 is 10.0 Å². The summed E-state index contributed by atoms with van der Waals surface area (Å²) in [5, 5.41) is 3.97. The van der Waals surface area contributed by atoms with Crippen molar-refractivity contribution in [2.24, 2.45) is 5.41 Å². The topological polar surface area (TPSA) is 64.2 Å². The summed E-state index contributed by atoms with van der Waals surface area (Å²) in [6.45, 7) is 10.1. The van der Waals surface area contributed by atoms with Crippen LogP contribution in [0.3, 0.4) is 0 Å². The first-order valence-corrected chi connectivity index (χ1v) is 10.7. The molecule has 0 saturated heterocycles. The molecule has 2 bridgehead atoms. The molecule has 0 aliphatic heterocycles. The third-order valence-electron chi connectivity index (χ3n) is 5.82. The van der Waals surface area contributed by atoms with Crippen molar-refractivity contribution in [3.05, 3.63) is 33.8 Å². The van der Waals surface area contributed by atoms with Crippen LogP contribution in [0.25, 0.3) is 0 Å². The van der Waals surface area contributed by atoms with Gasteiger partial charge < -0.3 is 9.87 Å². The molecule has 4 nitrogen and oxygen atoms in total. The molecule has 1 aromatic carbocycles. The average molecular weight is 417 g/mol. The molecule has 7 heteroatoms. The van der Waals surface area contributed by atoms with Crippen LogP contribution in [-0.2, 0) is 11.4 Å². The second kappa shape index (κ2) is 6.28. The average Bonchev–Trinajstić information content (AvgIpc) is 2.42. The van der Waals surface area contributed by atoms with Gasteiger partial charge in [0.1, 0.15) is 4.75 Å². The fourth-order valence-electron chi connectivity index (χ4n) is 4.03. The van der Waals surface area contributed by atoms with Gasteiger partial charge in [-0.3, -0.25) is 4.79 Å². The third kappa shape index (κ3) is 3.37. The van der Waals surface area contributed by atoms with Gasteiger partial charge in [-0.25, -0.2) is 0 Å². The number of benzene rings is 1. The van der Waals surface area contributed by atoms with Gasteiger partial charge in [-0.1, -0.05) is 23.2 Å². The van der Waals surface area contributed by atoms with Crippen LogP contribution in [0.5, 0.6) is 0 Å². The normalized spacial score (nSPS) is 28.8. The quantitative estimate of drug-likeness (QED) is 0.695. The van der Waals surface area contributed by atoms with Gasteiger partial charge in [0.2, 0.25) is 0 Å². The fraction of sp³-hybridized carbons (Fsp3) is 0.632. The van der Waals surface area contributed by atoms with E-state index in [4.69, 9.17) is 23.2 Å². The second-order valence-electron chi connectivity index (χ2n) is 9.28. The van der Waals surface area contributed by atoms with Gasteiger partial charge in [-0.15, -0.1) is 4.72 Å². The zero-order valence-corrected chi connectivity index (χ0v) is 18.2. The van der Waals surface area contributed by atoms with E-state index < -0.39 is 11.4 Å². The lowest BCUT2D eigenvalue weighted by Crippen LogP contribution is -2.82. The van der Waals surface area contributed by atoms with Crippen molar-refractivity contribution < 1.29 is 9.35 Å². The zero-order chi connectivity index (χ0) is 19.5. The molecular formula is C19H26Cl2N2O2S. The highest BCUT2D eigenvalue weighted by Gasteiger charge is 2.74. The molecule has 1 amide bonds. The van der Waals surface area contributed by atoms with E-state index in [1.54, 1.807) is 18.2 Å². The van der Waals surface area contributed by atoms with Crippen LogP contribution in [0.15, 0.2) is 18.2 Å². The van der Waals surface area contributed by atoms with Crippen LogP contribution in [0.1, 0.15) is 64.2 Å². The van der Waals surface area contributed by atoms with E-state index in [0.717, 1.165) is 19.3 Å². The summed E-state index contributed by atoms with van der Waals surface area (Å²) in [5.41, 5.74) is 0.204. The molecule has 3 fully saturated rings. The highest BCUT2D eigenvalue weighted by Crippen LogP contribution is 2.71. The molecule has 0 heterocycles. The molecular weight excluding hydrogens is 391 g/mol. The molecule has 2 N–H and O–H groups in total. The first-order chi connectivity index (χ1) is 11.8. The molecule has 144 valence electrons. The highest BCUT2D eigenvalue weighted by molar-refractivity contribution is 7.90. The Kier molecular flexibility index (Phi) is 4.90. The monoisotopic (exact) mass is 416 g/mol. The number of hydrogen-bond acceptors (Lipinski definition) is 3. The van der Waals surface area contributed by atoms with Gasteiger partial charge in [0.05, 0.1) is 15.6 Å². The summed E-state index contributed by atoms with van der Waals surface area (Å²) in [4.78, 5) is 12.5. The largest absolute Gasteiger partial charge is 0.598 e. The first-order valence-electron chi connectivity index (χ1n) is 8.77. The maximum atomic E-state index is 12.5. The number of amides is 1. The zero-order valence-electron chi connectivity index (χ0n) is 15.8. The molecule has 26 heavy (non-hydrogen) atoms. The van der Waals surface area contributed by atoms with Gasteiger partial charge in [-0.05, 0) is 77.5 Å². The molecule has 3 saturated carbocycles. The predicted octanol–water partition coefficient (Wildman–Crippen LogP) is 4.48. The lowest BCUT2D eigenvalue weighted by atomic mass is 9.34. The molecule has 3 aliphatic rings. The minimum atomic E-state index is -1.12. The number of carbonyl (C=O) groups excluding carboxylic acids is 1. The van der Waals surface area contributed by atoms with E-state index in [-0.39, 0.29) is 27.1 Å². The van der Waals surface area contributed by atoms with E-state index in [1.165, 1.54) is 0 Å². The highest BCUT2D eigenvalue weighted by atomic mass is 35.5. The summed E-state index contributed by atoms with van der Waals surface area (Å²) in [6.07, 6.45) is 2.69. The molecule has 0 spiro atoms. The molecule has 1 unspecified atom stereocenters. The molecule has 0 aromatic heterocycles. The third-order valence-corrected chi connectivity index (χ3v) is 8.37. The number of hydrogen-bond donors (Lipinski definition) is 2. The lowest BCUT2D eigenvalue weighted by molar-refractivity contribution is -0.190. The Balaban J connectivity index is 1.61. The van der Waals surface area contributed by atoms with E-state index in [9.17, 15) is 9.35 Å². The van der Waals surface area contributed by atoms with Crippen molar-refractivity contribution in [2.45, 2.75) is 69.7 Å². The Hall–Kier alpha value is -0.460. The molecule has 3 aliphatic carbocycles. The minimum absolute atomic E-state index is 0.0822. The molecule has 4 rings (SSSR count). The molecule has 1 atom stereocenters.